The Morgan fingerprint density at radius 1 is 0.909 bits per heavy atom. The first-order valence-corrected chi connectivity index (χ1v) is 13.4. The summed E-state index contributed by atoms with van der Waals surface area (Å²) in [5.41, 5.74) is 5.34. The summed E-state index contributed by atoms with van der Waals surface area (Å²) in [6.45, 7) is 17.1. The van der Waals surface area contributed by atoms with Crippen LogP contribution in [0.2, 0.25) is 0 Å². The zero-order valence-electron chi connectivity index (χ0n) is 21.4. The molecular weight excluding hydrogens is 430 g/mol. The summed E-state index contributed by atoms with van der Waals surface area (Å²) in [6, 6.07) is 7.44. The molecule has 186 valence electrons. The Morgan fingerprint density at radius 3 is 2.12 bits per heavy atom. The van der Waals surface area contributed by atoms with Crippen molar-refractivity contribution >= 4 is 23.8 Å². The molecule has 1 aromatic carbocycles. The number of morpholine rings is 1. The fourth-order valence-electron chi connectivity index (χ4n) is 6.65. The molecule has 2 atom stereocenters. The van der Waals surface area contributed by atoms with Crippen molar-refractivity contribution in [2.24, 2.45) is 11.3 Å². The quantitative estimate of drug-likeness (QED) is 0.524. The van der Waals surface area contributed by atoms with Crippen LogP contribution >= 0.6 is 12.4 Å². The molecule has 1 aromatic rings. The summed E-state index contributed by atoms with van der Waals surface area (Å²) in [6.07, 6.45) is 9.28. The second-order valence-corrected chi connectivity index (χ2v) is 11.9. The number of hydrogen-bond acceptors (Lipinski definition) is 4. The third-order valence-corrected chi connectivity index (χ3v) is 8.58. The first-order chi connectivity index (χ1) is 15.4. The molecule has 2 heterocycles. The number of halogens is 1. The minimum Gasteiger partial charge on any atom is -0.372 e. The van der Waals surface area contributed by atoms with Gasteiger partial charge in [-0.25, -0.2) is 0 Å². The average molecular weight is 476 g/mol. The molecule has 2 aliphatic carbocycles. The van der Waals surface area contributed by atoms with E-state index in [1.807, 2.05) is 0 Å². The molecule has 1 spiro atoms. The number of anilines is 2. The largest absolute Gasteiger partial charge is 0.372 e. The van der Waals surface area contributed by atoms with Crippen LogP contribution < -0.4 is 9.80 Å². The highest BCUT2D eigenvalue weighted by Gasteiger charge is 2.45. The SMILES string of the molecule is CC(C)CN1CCN(c2ccc(N3CC(C)OC(C)C3)cc2C2CCC3(CC2)CC3)CC1.Cl. The Labute approximate surface area is 208 Å². The fourth-order valence-corrected chi connectivity index (χ4v) is 6.65. The van der Waals surface area contributed by atoms with Crippen molar-refractivity contribution in [3.05, 3.63) is 23.8 Å². The maximum absolute atomic E-state index is 6.02. The van der Waals surface area contributed by atoms with E-state index in [0.29, 0.717) is 12.2 Å². The van der Waals surface area contributed by atoms with Gasteiger partial charge in [0, 0.05) is 57.2 Å². The molecular formula is C28H46ClN3O. The van der Waals surface area contributed by atoms with Gasteiger partial charge in [0.15, 0.2) is 0 Å². The maximum atomic E-state index is 6.02. The van der Waals surface area contributed by atoms with Gasteiger partial charge in [-0.1, -0.05) is 13.8 Å². The molecule has 4 fully saturated rings. The van der Waals surface area contributed by atoms with Crippen molar-refractivity contribution in [2.45, 2.75) is 84.3 Å². The van der Waals surface area contributed by atoms with Crippen LogP contribution in [-0.4, -0.2) is 62.9 Å². The van der Waals surface area contributed by atoms with Crippen LogP contribution in [0.15, 0.2) is 18.2 Å². The van der Waals surface area contributed by atoms with Gasteiger partial charge < -0.3 is 14.5 Å². The molecule has 5 rings (SSSR count). The monoisotopic (exact) mass is 475 g/mol. The number of hydrogen-bond donors (Lipinski definition) is 0. The van der Waals surface area contributed by atoms with Crippen molar-refractivity contribution in [2.75, 3.05) is 55.6 Å². The highest BCUT2D eigenvalue weighted by molar-refractivity contribution is 5.85. The summed E-state index contributed by atoms with van der Waals surface area (Å²) < 4.78 is 6.02. The van der Waals surface area contributed by atoms with E-state index in [2.05, 4.69) is 60.6 Å². The smallest absolute Gasteiger partial charge is 0.0726 e. The average Bonchev–Trinajstić information content (AvgIpc) is 3.52. The maximum Gasteiger partial charge on any atom is 0.0726 e. The number of nitrogens with zero attached hydrogens (tertiary/aromatic N) is 3. The molecule has 0 N–H and O–H groups in total. The topological polar surface area (TPSA) is 19.0 Å². The Kier molecular flexibility index (Phi) is 7.87. The van der Waals surface area contributed by atoms with Crippen molar-refractivity contribution in [3.63, 3.8) is 0 Å². The number of piperazine rings is 1. The molecule has 2 saturated heterocycles. The van der Waals surface area contributed by atoms with Crippen LogP contribution in [0.3, 0.4) is 0 Å². The van der Waals surface area contributed by atoms with Crippen LogP contribution in [0.25, 0.3) is 0 Å². The van der Waals surface area contributed by atoms with E-state index in [0.717, 1.165) is 30.3 Å². The molecule has 4 nitrogen and oxygen atoms in total. The van der Waals surface area contributed by atoms with E-state index in [-0.39, 0.29) is 12.4 Å². The molecule has 2 saturated carbocycles. The van der Waals surface area contributed by atoms with E-state index in [4.69, 9.17) is 4.74 Å². The van der Waals surface area contributed by atoms with E-state index >= 15 is 0 Å². The van der Waals surface area contributed by atoms with Crippen molar-refractivity contribution in [1.29, 1.82) is 0 Å². The van der Waals surface area contributed by atoms with Crippen molar-refractivity contribution < 1.29 is 4.74 Å². The van der Waals surface area contributed by atoms with Gasteiger partial charge in [0.1, 0.15) is 0 Å². The van der Waals surface area contributed by atoms with Crippen molar-refractivity contribution in [3.8, 4) is 0 Å². The summed E-state index contributed by atoms with van der Waals surface area (Å²) >= 11 is 0. The van der Waals surface area contributed by atoms with Crippen LogP contribution in [0.4, 0.5) is 11.4 Å². The molecule has 0 amide bonds. The second-order valence-electron chi connectivity index (χ2n) is 11.9. The molecule has 2 aliphatic heterocycles. The standard InChI is InChI=1S/C28H45N3O.ClH/c1-21(2)18-29-13-15-30(16-14-29)27-6-5-25(31-19-22(3)32-23(4)20-31)17-26(27)24-7-9-28(10-8-24)11-12-28;/h5-6,17,21-24H,7-16,18-20H2,1-4H3;1H. The first kappa shape index (κ1) is 25.1. The highest BCUT2D eigenvalue weighted by Crippen LogP contribution is 2.59. The molecule has 4 aliphatic rings. The van der Waals surface area contributed by atoms with Gasteiger partial charge in [0.2, 0.25) is 0 Å². The number of ether oxygens (including phenoxy) is 1. The zero-order valence-corrected chi connectivity index (χ0v) is 22.2. The Bertz CT molecular complexity index is 767. The molecule has 5 heteroatoms. The molecule has 33 heavy (non-hydrogen) atoms. The van der Waals surface area contributed by atoms with E-state index < -0.39 is 0 Å². The van der Waals surface area contributed by atoms with Gasteiger partial charge in [-0.15, -0.1) is 12.4 Å². The van der Waals surface area contributed by atoms with Gasteiger partial charge in [-0.3, -0.25) is 4.90 Å². The lowest BCUT2D eigenvalue weighted by atomic mass is 9.76. The lowest BCUT2D eigenvalue weighted by Gasteiger charge is -2.41. The Hall–Kier alpha value is -0.970. The molecule has 0 aromatic heterocycles. The summed E-state index contributed by atoms with van der Waals surface area (Å²) in [5, 5.41) is 0. The van der Waals surface area contributed by atoms with Crippen LogP contribution in [0.1, 0.15) is 77.7 Å². The van der Waals surface area contributed by atoms with Gasteiger partial charge >= 0.3 is 0 Å². The second kappa shape index (κ2) is 10.3. The first-order valence-electron chi connectivity index (χ1n) is 13.4. The number of benzene rings is 1. The minimum atomic E-state index is 0. The minimum absolute atomic E-state index is 0. The fraction of sp³-hybridized carbons (Fsp3) is 0.786. The van der Waals surface area contributed by atoms with Gasteiger partial charge in [0.05, 0.1) is 12.2 Å². The zero-order chi connectivity index (χ0) is 22.3. The predicted octanol–water partition coefficient (Wildman–Crippen LogP) is 5.94. The Balaban J connectivity index is 0.00000259. The van der Waals surface area contributed by atoms with Crippen LogP contribution in [0, 0.1) is 11.3 Å². The molecule has 0 radical (unpaired) electrons. The summed E-state index contributed by atoms with van der Waals surface area (Å²) in [5.74, 6) is 1.49. The van der Waals surface area contributed by atoms with Crippen LogP contribution in [-0.2, 0) is 4.74 Å². The lowest BCUT2D eigenvalue weighted by Crippen LogP contribution is -2.48. The van der Waals surface area contributed by atoms with Crippen molar-refractivity contribution in [1.82, 2.24) is 4.90 Å². The third-order valence-electron chi connectivity index (χ3n) is 8.58. The van der Waals surface area contributed by atoms with E-state index in [1.165, 1.54) is 82.6 Å². The number of rotatable bonds is 5. The van der Waals surface area contributed by atoms with Gasteiger partial charge in [-0.05, 0) is 93.4 Å². The third kappa shape index (κ3) is 5.82. The normalized spacial score (nSPS) is 28.3. The predicted molar refractivity (Wildman–Crippen MR) is 142 cm³/mol. The Morgan fingerprint density at radius 2 is 1.55 bits per heavy atom. The lowest BCUT2D eigenvalue weighted by molar-refractivity contribution is -0.00522. The van der Waals surface area contributed by atoms with Crippen LogP contribution in [0.5, 0.6) is 0 Å². The van der Waals surface area contributed by atoms with E-state index in [1.54, 1.807) is 5.56 Å². The van der Waals surface area contributed by atoms with Gasteiger partial charge in [-0.2, -0.15) is 0 Å². The summed E-state index contributed by atoms with van der Waals surface area (Å²) in [4.78, 5) is 7.92. The summed E-state index contributed by atoms with van der Waals surface area (Å²) in [7, 11) is 0. The van der Waals surface area contributed by atoms with Gasteiger partial charge in [0.25, 0.3) is 0 Å². The molecule has 2 unspecified atom stereocenters. The highest BCUT2D eigenvalue weighted by atomic mass is 35.5. The molecule has 0 bridgehead atoms. The van der Waals surface area contributed by atoms with E-state index in [9.17, 15) is 0 Å².